The first-order valence-electron chi connectivity index (χ1n) is 10.3. The first kappa shape index (κ1) is 24.8. The van der Waals surface area contributed by atoms with Gasteiger partial charge in [0.25, 0.3) is 11.8 Å². The molecule has 1 fully saturated rings. The van der Waals surface area contributed by atoms with Gasteiger partial charge in [-0.15, -0.1) is 0 Å². The molecule has 0 unspecified atom stereocenters. The van der Waals surface area contributed by atoms with E-state index in [0.717, 1.165) is 32.6 Å². The van der Waals surface area contributed by atoms with Gasteiger partial charge in [0.1, 0.15) is 18.8 Å². The van der Waals surface area contributed by atoms with Crippen molar-refractivity contribution in [2.24, 2.45) is 0 Å². The van der Waals surface area contributed by atoms with Gasteiger partial charge in [0, 0.05) is 27.7 Å². The van der Waals surface area contributed by atoms with Crippen LogP contribution in [0.4, 0.5) is 0 Å². The van der Waals surface area contributed by atoms with Gasteiger partial charge in [0.2, 0.25) is 6.29 Å². The molecule has 1 aromatic carbocycles. The zero-order valence-corrected chi connectivity index (χ0v) is 18.8. The van der Waals surface area contributed by atoms with E-state index < -0.39 is 72.9 Å². The summed E-state index contributed by atoms with van der Waals surface area (Å²) in [5.41, 5.74) is 0.170. The standard InChI is InChI=1S/C22H23NO11/c1-10(24)30-9-16-18(31-11(2)25)19(32-12(3)26)17(22(34-16)33-13(4)27)23-20(28)14-7-5-6-8-15(14)21(23)29/h5-8,16-19,22H,9H2,1-4H3/t16-,17-,18-,19-,22+/m1/s1. The monoisotopic (exact) mass is 477 g/mol. The van der Waals surface area contributed by atoms with Crippen LogP contribution in [0.2, 0.25) is 0 Å². The average molecular weight is 477 g/mol. The minimum atomic E-state index is -1.63. The molecule has 2 aliphatic rings. The van der Waals surface area contributed by atoms with Crippen molar-refractivity contribution in [2.45, 2.75) is 58.3 Å². The summed E-state index contributed by atoms with van der Waals surface area (Å²) in [5, 5.41) is 0. The van der Waals surface area contributed by atoms with Gasteiger partial charge in [0.15, 0.2) is 12.2 Å². The number of hydrogen-bond acceptors (Lipinski definition) is 11. The number of amides is 2. The maximum atomic E-state index is 13.2. The van der Waals surface area contributed by atoms with Crippen molar-refractivity contribution in [3.63, 3.8) is 0 Å². The van der Waals surface area contributed by atoms with E-state index in [2.05, 4.69) is 0 Å². The van der Waals surface area contributed by atoms with Gasteiger partial charge in [-0.1, -0.05) is 12.1 Å². The number of fused-ring (bicyclic) bond motifs is 1. The third-order valence-electron chi connectivity index (χ3n) is 5.08. The van der Waals surface area contributed by atoms with Gasteiger partial charge in [0.05, 0.1) is 11.1 Å². The van der Waals surface area contributed by atoms with Crippen LogP contribution in [0.5, 0.6) is 0 Å². The maximum absolute atomic E-state index is 13.2. The van der Waals surface area contributed by atoms with Crippen molar-refractivity contribution in [2.75, 3.05) is 6.61 Å². The summed E-state index contributed by atoms with van der Waals surface area (Å²) in [6.45, 7) is 3.91. The Balaban J connectivity index is 2.11. The van der Waals surface area contributed by atoms with Crippen LogP contribution in [0.15, 0.2) is 24.3 Å². The second-order valence-electron chi connectivity index (χ2n) is 7.62. The number of hydrogen-bond donors (Lipinski definition) is 0. The van der Waals surface area contributed by atoms with Crippen LogP contribution in [0.25, 0.3) is 0 Å². The number of carbonyl (C=O) groups excluding carboxylic acids is 6. The van der Waals surface area contributed by atoms with Crippen LogP contribution in [-0.2, 0) is 42.9 Å². The lowest BCUT2D eigenvalue weighted by Crippen LogP contribution is -2.67. The quantitative estimate of drug-likeness (QED) is 0.317. The minimum Gasteiger partial charge on any atom is -0.463 e. The highest BCUT2D eigenvalue weighted by Crippen LogP contribution is 2.35. The summed E-state index contributed by atoms with van der Waals surface area (Å²) in [6, 6.07) is 4.49. The SMILES string of the molecule is CC(=O)OC[C@H]1O[C@H](OC(C)=O)[C@H](N2C(=O)c3ccccc3C2=O)[C@@H](OC(C)=O)[C@@H]1OC(C)=O. The topological polar surface area (TPSA) is 152 Å². The van der Waals surface area contributed by atoms with Gasteiger partial charge in [-0.3, -0.25) is 33.7 Å². The lowest BCUT2D eigenvalue weighted by molar-refractivity contribution is -0.278. The van der Waals surface area contributed by atoms with E-state index in [1.54, 1.807) is 12.1 Å². The Morgan fingerprint density at radius 3 is 1.76 bits per heavy atom. The summed E-state index contributed by atoms with van der Waals surface area (Å²) in [4.78, 5) is 74.2. The fraction of sp³-hybridized carbons (Fsp3) is 0.455. The molecular formula is C22H23NO11. The largest absolute Gasteiger partial charge is 0.463 e. The van der Waals surface area contributed by atoms with Gasteiger partial charge >= 0.3 is 23.9 Å². The predicted molar refractivity (Wildman–Crippen MR) is 109 cm³/mol. The highest BCUT2D eigenvalue weighted by Gasteiger charge is 2.58. The average Bonchev–Trinajstić information content (AvgIpc) is 2.98. The second kappa shape index (κ2) is 10.00. The Bertz CT molecular complexity index is 1000. The molecule has 0 aliphatic carbocycles. The Morgan fingerprint density at radius 1 is 0.794 bits per heavy atom. The van der Waals surface area contributed by atoms with E-state index in [9.17, 15) is 28.8 Å². The summed E-state index contributed by atoms with van der Waals surface area (Å²) in [6.07, 6.45) is -5.81. The van der Waals surface area contributed by atoms with E-state index in [1.807, 2.05) is 0 Å². The van der Waals surface area contributed by atoms with Crippen LogP contribution in [0.3, 0.4) is 0 Å². The molecule has 3 rings (SSSR count). The molecule has 0 aromatic heterocycles. The highest BCUT2D eigenvalue weighted by molar-refractivity contribution is 6.21. The van der Waals surface area contributed by atoms with Crippen LogP contribution in [0, 0.1) is 0 Å². The maximum Gasteiger partial charge on any atom is 0.305 e. The van der Waals surface area contributed by atoms with Crippen molar-refractivity contribution in [1.82, 2.24) is 4.90 Å². The molecule has 0 bridgehead atoms. The van der Waals surface area contributed by atoms with Crippen LogP contribution < -0.4 is 0 Å². The molecule has 0 saturated carbocycles. The van der Waals surface area contributed by atoms with Gasteiger partial charge in [-0.2, -0.15) is 0 Å². The second-order valence-corrected chi connectivity index (χ2v) is 7.62. The molecule has 1 aromatic rings. The molecule has 12 heteroatoms. The number of imide groups is 1. The molecule has 2 heterocycles. The summed E-state index contributed by atoms with van der Waals surface area (Å²) in [7, 11) is 0. The third-order valence-corrected chi connectivity index (χ3v) is 5.08. The lowest BCUT2D eigenvalue weighted by Gasteiger charge is -2.46. The van der Waals surface area contributed by atoms with Crippen LogP contribution in [-0.4, -0.2) is 77.8 Å². The minimum absolute atomic E-state index is 0.0849. The van der Waals surface area contributed by atoms with E-state index in [1.165, 1.54) is 12.1 Å². The fourth-order valence-corrected chi connectivity index (χ4v) is 3.90. The molecular weight excluding hydrogens is 454 g/mol. The number of rotatable bonds is 6. The zero-order chi connectivity index (χ0) is 25.2. The lowest BCUT2D eigenvalue weighted by atomic mass is 9.94. The van der Waals surface area contributed by atoms with Crippen molar-refractivity contribution >= 4 is 35.7 Å². The van der Waals surface area contributed by atoms with Crippen LogP contribution >= 0.6 is 0 Å². The first-order chi connectivity index (χ1) is 16.0. The molecule has 0 spiro atoms. The Hall–Kier alpha value is -3.80. The van der Waals surface area contributed by atoms with E-state index in [-0.39, 0.29) is 11.1 Å². The zero-order valence-electron chi connectivity index (χ0n) is 18.8. The first-order valence-corrected chi connectivity index (χ1v) is 10.3. The number of nitrogens with zero attached hydrogens (tertiary/aromatic N) is 1. The highest BCUT2D eigenvalue weighted by atomic mass is 16.7. The Labute approximate surface area is 194 Å². The molecule has 12 nitrogen and oxygen atoms in total. The predicted octanol–water partition coefficient (Wildman–Crippen LogP) is 0.366. The van der Waals surface area contributed by atoms with E-state index in [4.69, 9.17) is 23.7 Å². The number of esters is 4. The van der Waals surface area contributed by atoms with Crippen LogP contribution in [0.1, 0.15) is 48.4 Å². The molecule has 34 heavy (non-hydrogen) atoms. The number of benzene rings is 1. The van der Waals surface area contributed by atoms with E-state index >= 15 is 0 Å². The molecule has 0 radical (unpaired) electrons. The summed E-state index contributed by atoms with van der Waals surface area (Å²) >= 11 is 0. The van der Waals surface area contributed by atoms with Gasteiger partial charge in [-0.25, -0.2) is 0 Å². The van der Waals surface area contributed by atoms with E-state index in [0.29, 0.717) is 0 Å². The number of carbonyl (C=O) groups is 6. The fourth-order valence-electron chi connectivity index (χ4n) is 3.90. The normalized spacial score (nSPS) is 25.9. The summed E-state index contributed by atoms with van der Waals surface area (Å²) < 4.78 is 26.7. The summed E-state index contributed by atoms with van der Waals surface area (Å²) in [5.74, 6) is -4.64. The molecule has 182 valence electrons. The molecule has 1 saturated heterocycles. The Kier molecular flexibility index (Phi) is 7.30. The van der Waals surface area contributed by atoms with Gasteiger partial charge in [-0.05, 0) is 12.1 Å². The Morgan fingerprint density at radius 2 is 1.29 bits per heavy atom. The van der Waals surface area contributed by atoms with Crippen molar-refractivity contribution in [3.8, 4) is 0 Å². The van der Waals surface area contributed by atoms with Crippen molar-refractivity contribution in [1.29, 1.82) is 0 Å². The number of ether oxygens (including phenoxy) is 5. The third kappa shape index (κ3) is 5.06. The smallest absolute Gasteiger partial charge is 0.305 e. The molecule has 0 N–H and O–H groups in total. The van der Waals surface area contributed by atoms with Crippen molar-refractivity contribution in [3.05, 3.63) is 35.4 Å². The molecule has 2 amide bonds. The molecule has 2 aliphatic heterocycles. The molecule has 5 atom stereocenters. The van der Waals surface area contributed by atoms with Crippen molar-refractivity contribution < 1.29 is 52.5 Å². The van der Waals surface area contributed by atoms with Gasteiger partial charge < -0.3 is 23.7 Å².